The second kappa shape index (κ2) is 6.23. The van der Waals surface area contributed by atoms with Gasteiger partial charge in [-0.25, -0.2) is 4.79 Å². The molecule has 1 heterocycles. The van der Waals surface area contributed by atoms with Crippen LogP contribution in [0.2, 0.25) is 5.02 Å². The quantitative estimate of drug-likeness (QED) is 0.472. The van der Waals surface area contributed by atoms with Gasteiger partial charge in [0, 0.05) is 17.3 Å². The number of halogens is 1. The van der Waals surface area contributed by atoms with Crippen LogP contribution in [0.1, 0.15) is 10.5 Å². The Balaban J connectivity index is 2.35. The first-order chi connectivity index (χ1) is 10.7. The third-order valence-electron chi connectivity index (χ3n) is 2.66. The molecule has 23 heavy (non-hydrogen) atoms. The summed E-state index contributed by atoms with van der Waals surface area (Å²) < 4.78 is 25.2. The molecule has 0 amide bonds. The van der Waals surface area contributed by atoms with Gasteiger partial charge in [0.1, 0.15) is 5.69 Å². The summed E-state index contributed by atoms with van der Waals surface area (Å²) in [5, 5.41) is 21.4. The minimum absolute atomic E-state index is 0.0899. The maximum absolute atomic E-state index is 12.3. The Morgan fingerprint density at radius 3 is 2.30 bits per heavy atom. The van der Waals surface area contributed by atoms with Gasteiger partial charge in [-0.05, 0) is 30.3 Å². The van der Waals surface area contributed by atoms with Crippen LogP contribution in [0.4, 0.5) is 0 Å². The van der Waals surface area contributed by atoms with E-state index in [0.29, 0.717) is 15.2 Å². The number of aromatic nitrogens is 2. The summed E-state index contributed by atoms with van der Waals surface area (Å²) in [7, 11) is -4.02. The smallest absolute Gasteiger partial charge is 0.371 e. The van der Waals surface area contributed by atoms with Gasteiger partial charge >= 0.3 is 5.97 Å². The first-order valence-corrected chi connectivity index (χ1v) is 7.79. The van der Waals surface area contributed by atoms with Crippen molar-refractivity contribution in [3.63, 3.8) is 0 Å². The summed E-state index contributed by atoms with van der Waals surface area (Å²) in [6, 6.07) is 6.41. The van der Waals surface area contributed by atoms with Crippen LogP contribution in [0, 0.1) is 0 Å². The number of aliphatic hydroxyl groups is 1. The van der Waals surface area contributed by atoms with E-state index in [0.717, 1.165) is 12.3 Å². The molecule has 2 rings (SSSR count). The number of carbonyl (C=O) groups excluding carboxylic acids is 1. The number of rotatable bonds is 5. The fourth-order valence-electron chi connectivity index (χ4n) is 1.55. The minimum atomic E-state index is -4.02. The van der Waals surface area contributed by atoms with Crippen LogP contribution in [0.15, 0.2) is 53.3 Å². The number of nitrogens with zero attached hydrogens (tertiary/aromatic N) is 2. The zero-order chi connectivity index (χ0) is 17.2. The lowest BCUT2D eigenvalue weighted by Gasteiger charge is -2.03. The molecule has 0 atom stereocenters. The number of benzene rings is 1. The number of allylic oxidation sites excluding steroid dienone is 1. The Bertz CT molecular complexity index is 899. The second-order valence-electron chi connectivity index (χ2n) is 4.23. The van der Waals surface area contributed by atoms with Gasteiger partial charge in [0.2, 0.25) is 11.5 Å². The predicted octanol–water partition coefficient (Wildman–Crippen LogP) is 1.48. The van der Waals surface area contributed by atoms with Gasteiger partial charge in [-0.3, -0.25) is 4.79 Å². The first kappa shape index (κ1) is 16.7. The van der Waals surface area contributed by atoms with Gasteiger partial charge in [-0.15, -0.1) is 0 Å². The minimum Gasteiger partial charge on any atom is -0.502 e. The molecule has 2 N–H and O–H groups in total. The fourth-order valence-corrected chi connectivity index (χ4v) is 2.79. The average Bonchev–Trinajstić information content (AvgIpc) is 2.98. The van der Waals surface area contributed by atoms with Crippen LogP contribution in [-0.4, -0.2) is 39.6 Å². The Morgan fingerprint density at radius 2 is 1.74 bits per heavy atom. The summed E-state index contributed by atoms with van der Waals surface area (Å²) in [4.78, 5) is 22.0. The van der Waals surface area contributed by atoms with Crippen molar-refractivity contribution in [1.29, 1.82) is 0 Å². The summed E-state index contributed by atoms with van der Waals surface area (Å²) in [6.45, 7) is 0. The number of carboxylic acid groups (broad SMARTS) is 1. The van der Waals surface area contributed by atoms with E-state index in [9.17, 15) is 18.0 Å². The lowest BCUT2D eigenvalue weighted by Crippen LogP contribution is -2.14. The normalized spacial score (nSPS) is 12.1. The van der Waals surface area contributed by atoms with Gasteiger partial charge in [0.25, 0.3) is 10.0 Å². The Morgan fingerprint density at radius 1 is 1.13 bits per heavy atom. The predicted molar refractivity (Wildman–Crippen MR) is 78.9 cm³/mol. The summed E-state index contributed by atoms with van der Waals surface area (Å²) in [5.74, 6) is -3.81. The number of carboxylic acids is 1. The molecule has 0 aliphatic rings. The summed E-state index contributed by atoms with van der Waals surface area (Å²) in [6.07, 6.45) is 1.47. The Hall–Kier alpha value is -2.65. The van der Waals surface area contributed by atoms with Crippen molar-refractivity contribution in [3.05, 3.63) is 59.1 Å². The molecule has 0 radical (unpaired) electrons. The van der Waals surface area contributed by atoms with Gasteiger partial charge in [0.15, 0.2) is 0 Å². The number of carbonyl (C=O) groups is 2. The molecule has 8 nitrogen and oxygen atoms in total. The molecular formula is C13H9ClN2O6S. The standard InChI is InChI=1S/C13H9ClN2O6S/c14-8-1-3-9(4-2-8)23(21,22)16-6-5-10(15-16)11(17)7-12(18)13(19)20/h1-7,18H,(H,19,20). The molecule has 1 aromatic carbocycles. The van der Waals surface area contributed by atoms with Crippen LogP contribution < -0.4 is 0 Å². The average molecular weight is 357 g/mol. The van der Waals surface area contributed by atoms with E-state index in [1.165, 1.54) is 24.3 Å². The number of hydrogen-bond donors (Lipinski definition) is 2. The van der Waals surface area contributed by atoms with Crippen molar-refractivity contribution < 1.29 is 28.2 Å². The SMILES string of the molecule is O=C(O)C(O)=CC(=O)c1ccn(S(=O)(=O)c2ccc(Cl)cc2)n1. The highest BCUT2D eigenvalue weighted by atomic mass is 35.5. The Labute approximate surface area is 135 Å². The van der Waals surface area contributed by atoms with Crippen LogP contribution in [0.5, 0.6) is 0 Å². The molecular weight excluding hydrogens is 348 g/mol. The van der Waals surface area contributed by atoms with Crippen molar-refractivity contribution in [2.75, 3.05) is 0 Å². The molecule has 0 aliphatic heterocycles. The van der Waals surface area contributed by atoms with E-state index in [1.54, 1.807) is 0 Å². The van der Waals surface area contributed by atoms with E-state index in [1.807, 2.05) is 0 Å². The topological polar surface area (TPSA) is 127 Å². The third-order valence-corrected chi connectivity index (χ3v) is 4.48. The highest BCUT2D eigenvalue weighted by molar-refractivity contribution is 7.89. The van der Waals surface area contributed by atoms with Gasteiger partial charge < -0.3 is 10.2 Å². The number of aliphatic carboxylic acids is 1. The molecule has 0 aliphatic carbocycles. The van der Waals surface area contributed by atoms with E-state index >= 15 is 0 Å². The molecule has 2 aromatic rings. The van der Waals surface area contributed by atoms with E-state index < -0.39 is 27.5 Å². The van der Waals surface area contributed by atoms with Crippen LogP contribution >= 0.6 is 11.6 Å². The van der Waals surface area contributed by atoms with Crippen LogP contribution in [0.25, 0.3) is 0 Å². The number of hydrogen-bond acceptors (Lipinski definition) is 6. The molecule has 0 saturated heterocycles. The molecule has 0 unspecified atom stereocenters. The van der Waals surface area contributed by atoms with E-state index in [2.05, 4.69) is 5.10 Å². The fraction of sp³-hybridized carbons (Fsp3) is 0. The highest BCUT2D eigenvalue weighted by Gasteiger charge is 2.20. The van der Waals surface area contributed by atoms with E-state index in [4.69, 9.17) is 21.8 Å². The number of aliphatic hydroxyl groups excluding tert-OH is 1. The van der Waals surface area contributed by atoms with Crippen molar-refractivity contribution in [3.8, 4) is 0 Å². The van der Waals surface area contributed by atoms with Gasteiger partial charge in [-0.2, -0.15) is 17.6 Å². The molecule has 10 heteroatoms. The molecule has 0 saturated carbocycles. The largest absolute Gasteiger partial charge is 0.502 e. The molecule has 0 spiro atoms. The highest BCUT2D eigenvalue weighted by Crippen LogP contribution is 2.17. The lowest BCUT2D eigenvalue weighted by atomic mass is 10.2. The maximum atomic E-state index is 12.3. The van der Waals surface area contributed by atoms with Crippen molar-refractivity contribution >= 4 is 33.4 Å². The van der Waals surface area contributed by atoms with E-state index in [-0.39, 0.29) is 10.6 Å². The monoisotopic (exact) mass is 356 g/mol. The third kappa shape index (κ3) is 3.58. The first-order valence-electron chi connectivity index (χ1n) is 5.97. The van der Waals surface area contributed by atoms with Crippen LogP contribution in [0.3, 0.4) is 0 Å². The molecule has 0 fully saturated rings. The zero-order valence-corrected chi connectivity index (χ0v) is 12.8. The van der Waals surface area contributed by atoms with Crippen LogP contribution in [-0.2, 0) is 14.8 Å². The summed E-state index contributed by atoms with van der Waals surface area (Å²) in [5.41, 5.74) is -0.338. The summed E-state index contributed by atoms with van der Waals surface area (Å²) >= 11 is 5.69. The van der Waals surface area contributed by atoms with Gasteiger partial charge in [-0.1, -0.05) is 11.6 Å². The van der Waals surface area contributed by atoms with Gasteiger partial charge in [0.05, 0.1) is 4.90 Å². The molecule has 1 aromatic heterocycles. The maximum Gasteiger partial charge on any atom is 0.371 e. The van der Waals surface area contributed by atoms with Crippen molar-refractivity contribution in [1.82, 2.24) is 9.19 Å². The molecule has 0 bridgehead atoms. The molecule has 120 valence electrons. The second-order valence-corrected chi connectivity index (χ2v) is 6.46. The zero-order valence-electron chi connectivity index (χ0n) is 11.2. The Kier molecular flexibility index (Phi) is 4.52. The number of ketones is 1. The lowest BCUT2D eigenvalue weighted by molar-refractivity contribution is -0.135. The van der Waals surface area contributed by atoms with Crippen molar-refractivity contribution in [2.45, 2.75) is 4.90 Å². The van der Waals surface area contributed by atoms with Crippen molar-refractivity contribution in [2.24, 2.45) is 0 Å².